The summed E-state index contributed by atoms with van der Waals surface area (Å²) in [4.78, 5) is 3.89. The fourth-order valence-corrected chi connectivity index (χ4v) is 1.08. The fourth-order valence-electron chi connectivity index (χ4n) is 0.629. The molecule has 0 bridgehead atoms. The summed E-state index contributed by atoms with van der Waals surface area (Å²) in [5, 5.41) is 3.72. The van der Waals surface area contributed by atoms with Crippen LogP contribution in [0.1, 0.15) is 13.3 Å². The summed E-state index contributed by atoms with van der Waals surface area (Å²) in [7, 11) is 0. The lowest BCUT2D eigenvalue weighted by Gasteiger charge is -2.01. The van der Waals surface area contributed by atoms with Crippen LogP contribution < -0.4 is 5.32 Å². The Bertz CT molecular complexity index is 188. The minimum absolute atomic E-state index is 0.513. The van der Waals surface area contributed by atoms with Gasteiger partial charge in [0.25, 0.3) is 0 Å². The van der Waals surface area contributed by atoms with Crippen LogP contribution in [0.4, 0.5) is 9.52 Å². The first kappa shape index (κ1) is 8.39. The number of hydrogen-bond donors (Lipinski definition) is 1. The summed E-state index contributed by atoms with van der Waals surface area (Å²) in [6.07, 6.45) is 1.24. The predicted octanol–water partition coefficient (Wildman–Crippen LogP) is 1.70. The maximum Gasteiger partial charge on any atom is 0.202 e. The molecular weight excluding hydrogens is 165 g/mol. The third kappa shape index (κ3) is 3.27. The van der Waals surface area contributed by atoms with Crippen LogP contribution in [-0.4, -0.2) is 22.1 Å². The molecule has 5 heteroatoms. The summed E-state index contributed by atoms with van der Waals surface area (Å²) in [5.74, 6) is 0. The Hall–Kier alpha value is -0.710. The smallest absolute Gasteiger partial charge is 0.202 e. The maximum absolute atomic E-state index is 12.3. The third-order valence-electron chi connectivity index (χ3n) is 1.18. The van der Waals surface area contributed by atoms with Gasteiger partial charge >= 0.3 is 0 Å². The Kier molecular flexibility index (Phi) is 3.22. The number of hydrogen-bond acceptors (Lipinski definition) is 4. The lowest BCUT2D eigenvalue weighted by Crippen LogP contribution is -2.06. The number of aromatic nitrogens is 2. The van der Waals surface area contributed by atoms with Gasteiger partial charge in [0.05, 0.1) is 6.17 Å². The standard InChI is InChI=1S/C6H10FN3S/c1-5(7)2-3-8-6-9-4-10-11-6/h4-5H,2-3H2,1H3,(H,8,9,10). The molecule has 11 heavy (non-hydrogen) atoms. The molecule has 1 aromatic rings. The number of nitrogens with zero attached hydrogens (tertiary/aromatic N) is 2. The summed E-state index contributed by atoms with van der Waals surface area (Å²) < 4.78 is 16.1. The van der Waals surface area contributed by atoms with Crippen molar-refractivity contribution < 1.29 is 4.39 Å². The van der Waals surface area contributed by atoms with E-state index in [2.05, 4.69) is 14.7 Å². The van der Waals surface area contributed by atoms with Gasteiger partial charge in [0, 0.05) is 18.1 Å². The second kappa shape index (κ2) is 4.23. The molecule has 0 aliphatic rings. The third-order valence-corrected chi connectivity index (χ3v) is 1.80. The average Bonchev–Trinajstić information content (AvgIpc) is 2.39. The van der Waals surface area contributed by atoms with Crippen molar-refractivity contribution in [2.75, 3.05) is 11.9 Å². The van der Waals surface area contributed by atoms with Gasteiger partial charge in [-0.3, -0.25) is 0 Å². The largest absolute Gasteiger partial charge is 0.360 e. The zero-order valence-electron chi connectivity index (χ0n) is 6.25. The van der Waals surface area contributed by atoms with E-state index in [1.807, 2.05) is 0 Å². The van der Waals surface area contributed by atoms with Gasteiger partial charge in [0.15, 0.2) is 0 Å². The zero-order chi connectivity index (χ0) is 8.10. The molecule has 62 valence electrons. The normalized spacial score (nSPS) is 12.9. The van der Waals surface area contributed by atoms with E-state index >= 15 is 0 Å². The Morgan fingerprint density at radius 2 is 2.64 bits per heavy atom. The number of alkyl halides is 1. The molecule has 0 aromatic carbocycles. The van der Waals surface area contributed by atoms with Gasteiger partial charge in [-0.2, -0.15) is 4.37 Å². The summed E-state index contributed by atoms with van der Waals surface area (Å²) in [6, 6.07) is 0. The van der Waals surface area contributed by atoms with Gasteiger partial charge in [-0.25, -0.2) is 9.37 Å². The minimum atomic E-state index is -0.754. The molecule has 1 rings (SSSR count). The molecule has 0 radical (unpaired) electrons. The van der Waals surface area contributed by atoms with Crippen molar-refractivity contribution in [3.63, 3.8) is 0 Å². The van der Waals surface area contributed by atoms with Crippen molar-refractivity contribution in [1.82, 2.24) is 9.36 Å². The summed E-state index contributed by atoms with van der Waals surface area (Å²) >= 11 is 1.28. The molecule has 0 spiro atoms. The molecule has 0 aliphatic heterocycles. The first-order valence-corrected chi connectivity index (χ1v) is 4.21. The van der Waals surface area contributed by atoms with Crippen molar-refractivity contribution in [2.45, 2.75) is 19.5 Å². The molecule has 3 nitrogen and oxygen atoms in total. The SMILES string of the molecule is CC(F)CCNc1ncns1. The fraction of sp³-hybridized carbons (Fsp3) is 0.667. The van der Waals surface area contributed by atoms with Gasteiger partial charge < -0.3 is 5.32 Å². The molecule has 1 unspecified atom stereocenters. The molecule has 0 fully saturated rings. The molecule has 1 heterocycles. The predicted molar refractivity (Wildman–Crippen MR) is 43.6 cm³/mol. The van der Waals surface area contributed by atoms with Gasteiger partial charge in [-0.15, -0.1) is 0 Å². The summed E-state index contributed by atoms with van der Waals surface area (Å²) in [5.41, 5.74) is 0. The van der Waals surface area contributed by atoms with Crippen LogP contribution in [0.15, 0.2) is 6.33 Å². The van der Waals surface area contributed by atoms with Gasteiger partial charge in [0.2, 0.25) is 5.13 Å². The van der Waals surface area contributed by atoms with E-state index in [1.54, 1.807) is 6.92 Å². The highest BCUT2D eigenvalue weighted by molar-refractivity contribution is 7.09. The lowest BCUT2D eigenvalue weighted by molar-refractivity contribution is 0.348. The minimum Gasteiger partial charge on any atom is -0.360 e. The lowest BCUT2D eigenvalue weighted by atomic mass is 10.3. The van der Waals surface area contributed by atoms with Crippen LogP contribution in [0.2, 0.25) is 0 Å². The Morgan fingerprint density at radius 1 is 1.82 bits per heavy atom. The van der Waals surface area contributed by atoms with Crippen molar-refractivity contribution in [1.29, 1.82) is 0 Å². The highest BCUT2D eigenvalue weighted by Crippen LogP contribution is 2.06. The zero-order valence-corrected chi connectivity index (χ0v) is 7.07. The van der Waals surface area contributed by atoms with Gasteiger partial charge in [0.1, 0.15) is 6.33 Å². The van der Waals surface area contributed by atoms with Crippen LogP contribution >= 0.6 is 11.5 Å². The number of rotatable bonds is 4. The summed E-state index contributed by atoms with van der Waals surface area (Å²) in [6.45, 7) is 2.16. The molecule has 1 aromatic heterocycles. The van der Waals surface area contributed by atoms with Crippen LogP contribution in [0.25, 0.3) is 0 Å². The molecule has 1 N–H and O–H groups in total. The second-order valence-electron chi connectivity index (χ2n) is 2.24. The van der Waals surface area contributed by atoms with E-state index in [4.69, 9.17) is 0 Å². The number of halogens is 1. The highest BCUT2D eigenvalue weighted by atomic mass is 32.1. The quantitative estimate of drug-likeness (QED) is 0.756. The van der Waals surface area contributed by atoms with Gasteiger partial charge in [-0.1, -0.05) is 0 Å². The maximum atomic E-state index is 12.3. The van der Waals surface area contributed by atoms with E-state index in [1.165, 1.54) is 17.9 Å². The molecule has 0 aliphatic carbocycles. The van der Waals surface area contributed by atoms with E-state index in [0.29, 0.717) is 13.0 Å². The topological polar surface area (TPSA) is 37.8 Å². The Balaban J connectivity index is 2.14. The van der Waals surface area contributed by atoms with E-state index in [0.717, 1.165) is 5.13 Å². The van der Waals surface area contributed by atoms with Crippen molar-refractivity contribution in [3.8, 4) is 0 Å². The van der Waals surface area contributed by atoms with Crippen molar-refractivity contribution in [2.24, 2.45) is 0 Å². The van der Waals surface area contributed by atoms with Crippen LogP contribution in [-0.2, 0) is 0 Å². The number of anilines is 1. The van der Waals surface area contributed by atoms with Crippen molar-refractivity contribution >= 4 is 16.7 Å². The van der Waals surface area contributed by atoms with Crippen LogP contribution in [0, 0.1) is 0 Å². The van der Waals surface area contributed by atoms with E-state index in [-0.39, 0.29) is 0 Å². The van der Waals surface area contributed by atoms with Crippen LogP contribution in [0.3, 0.4) is 0 Å². The Morgan fingerprint density at radius 3 is 3.18 bits per heavy atom. The molecule has 0 saturated heterocycles. The highest BCUT2D eigenvalue weighted by Gasteiger charge is 1.98. The molecular formula is C6H10FN3S. The first-order chi connectivity index (χ1) is 5.29. The van der Waals surface area contributed by atoms with Crippen LogP contribution in [0.5, 0.6) is 0 Å². The van der Waals surface area contributed by atoms with E-state index < -0.39 is 6.17 Å². The number of nitrogens with one attached hydrogen (secondary N) is 1. The first-order valence-electron chi connectivity index (χ1n) is 3.43. The average molecular weight is 175 g/mol. The molecule has 0 amide bonds. The van der Waals surface area contributed by atoms with Crippen molar-refractivity contribution in [3.05, 3.63) is 6.33 Å². The monoisotopic (exact) mass is 175 g/mol. The van der Waals surface area contributed by atoms with Gasteiger partial charge in [-0.05, 0) is 13.3 Å². The Labute approximate surface area is 68.8 Å². The second-order valence-corrected chi connectivity index (χ2v) is 3.02. The molecule has 0 saturated carbocycles. The molecule has 1 atom stereocenters. The van der Waals surface area contributed by atoms with E-state index in [9.17, 15) is 4.39 Å².